The van der Waals surface area contributed by atoms with Gasteiger partial charge in [0.05, 0.1) is 13.2 Å². The van der Waals surface area contributed by atoms with Crippen molar-refractivity contribution in [2.45, 2.75) is 18.9 Å². The van der Waals surface area contributed by atoms with Crippen molar-refractivity contribution in [2.24, 2.45) is 0 Å². The summed E-state index contributed by atoms with van der Waals surface area (Å²) in [6.07, 6.45) is 2.30. The van der Waals surface area contributed by atoms with Crippen LogP contribution in [0.15, 0.2) is 71.5 Å². The van der Waals surface area contributed by atoms with Crippen LogP contribution in [0.3, 0.4) is 0 Å². The van der Waals surface area contributed by atoms with Crippen molar-refractivity contribution < 1.29 is 9.53 Å². The lowest BCUT2D eigenvalue weighted by Gasteiger charge is -2.28. The van der Waals surface area contributed by atoms with Crippen LogP contribution < -0.4 is 15.6 Å². The van der Waals surface area contributed by atoms with Gasteiger partial charge in [0.25, 0.3) is 11.5 Å². The van der Waals surface area contributed by atoms with Crippen LogP contribution in [0.4, 0.5) is 0 Å². The Kier molecular flexibility index (Phi) is 6.48. The predicted octanol–water partition coefficient (Wildman–Crippen LogP) is 3.62. The molecular weight excluding hydrogens is 390 g/mol. The number of methoxy groups -OCH3 is 1. The summed E-state index contributed by atoms with van der Waals surface area (Å²) in [5, 5.41) is 2.97. The van der Waals surface area contributed by atoms with Gasteiger partial charge in [0.1, 0.15) is 11.3 Å². The van der Waals surface area contributed by atoms with E-state index in [1.807, 2.05) is 48.5 Å². The zero-order valence-corrected chi connectivity index (χ0v) is 17.6. The third-order valence-electron chi connectivity index (χ3n) is 5.75. The Bertz CT molecular complexity index is 1090. The lowest BCUT2D eigenvalue weighted by Crippen LogP contribution is -2.38. The van der Waals surface area contributed by atoms with Crippen molar-refractivity contribution in [1.82, 2.24) is 15.2 Å². The summed E-state index contributed by atoms with van der Waals surface area (Å²) in [5.74, 6) is 0.425. The molecule has 2 heterocycles. The second-order valence-electron chi connectivity index (χ2n) is 7.73. The van der Waals surface area contributed by atoms with Crippen molar-refractivity contribution in [3.05, 3.63) is 88.2 Å². The van der Waals surface area contributed by atoms with Gasteiger partial charge < -0.3 is 15.0 Å². The summed E-state index contributed by atoms with van der Waals surface area (Å²) in [6, 6.07) is 20.9. The number of aromatic nitrogens is 1. The summed E-state index contributed by atoms with van der Waals surface area (Å²) in [5.41, 5.74) is 2.41. The normalized spacial score (nSPS) is 14.9. The maximum absolute atomic E-state index is 12.8. The zero-order chi connectivity index (χ0) is 21.6. The number of nitrogens with one attached hydrogen (secondary N) is 2. The van der Waals surface area contributed by atoms with Crippen LogP contribution in [-0.4, -0.2) is 42.5 Å². The lowest BCUT2D eigenvalue weighted by molar-refractivity contribution is 0.0936. The van der Waals surface area contributed by atoms with Crippen molar-refractivity contribution >= 4 is 5.91 Å². The molecule has 1 fully saturated rings. The van der Waals surface area contributed by atoms with Gasteiger partial charge in [0.2, 0.25) is 0 Å². The summed E-state index contributed by atoms with van der Waals surface area (Å²) in [6.45, 7) is 2.40. The second kappa shape index (κ2) is 9.62. The molecule has 3 aromatic rings. The molecule has 0 aliphatic carbocycles. The molecule has 1 saturated heterocycles. The number of amides is 1. The van der Waals surface area contributed by atoms with Gasteiger partial charge in [0.15, 0.2) is 0 Å². The van der Waals surface area contributed by atoms with Gasteiger partial charge in [-0.15, -0.1) is 0 Å². The average molecular weight is 418 g/mol. The van der Waals surface area contributed by atoms with Gasteiger partial charge in [-0.2, -0.15) is 0 Å². The van der Waals surface area contributed by atoms with E-state index in [2.05, 4.69) is 21.3 Å². The number of pyridine rings is 1. The summed E-state index contributed by atoms with van der Waals surface area (Å²) >= 11 is 0. The Morgan fingerprint density at radius 2 is 1.84 bits per heavy atom. The highest BCUT2D eigenvalue weighted by atomic mass is 16.5. The molecule has 1 aliphatic rings. The van der Waals surface area contributed by atoms with Crippen molar-refractivity contribution in [2.75, 3.05) is 26.7 Å². The van der Waals surface area contributed by atoms with Crippen molar-refractivity contribution in [1.29, 1.82) is 0 Å². The highest BCUT2D eigenvalue weighted by Crippen LogP contribution is 2.27. The van der Waals surface area contributed by atoms with E-state index in [0.717, 1.165) is 42.8 Å². The molecule has 6 nitrogen and oxygen atoms in total. The zero-order valence-electron chi connectivity index (χ0n) is 17.6. The molecule has 0 radical (unpaired) electrons. The minimum Gasteiger partial charge on any atom is -0.497 e. The molecule has 1 atom stereocenters. The van der Waals surface area contributed by atoms with Crippen LogP contribution in [0.5, 0.6) is 5.75 Å². The van der Waals surface area contributed by atoms with Crippen LogP contribution in [-0.2, 0) is 0 Å². The Labute approximate surface area is 181 Å². The molecular formula is C25H27N3O3. The van der Waals surface area contributed by atoms with E-state index >= 15 is 0 Å². The number of benzene rings is 2. The van der Waals surface area contributed by atoms with E-state index in [0.29, 0.717) is 12.2 Å². The van der Waals surface area contributed by atoms with Gasteiger partial charge in [-0.1, -0.05) is 42.5 Å². The summed E-state index contributed by atoms with van der Waals surface area (Å²) < 4.78 is 5.37. The fourth-order valence-corrected chi connectivity index (χ4v) is 4.08. The van der Waals surface area contributed by atoms with Gasteiger partial charge in [-0.25, -0.2) is 0 Å². The maximum Gasteiger partial charge on any atom is 0.261 e. The molecule has 1 aromatic heterocycles. The molecule has 0 spiro atoms. The number of H-pyrrole nitrogens is 1. The second-order valence-corrected chi connectivity index (χ2v) is 7.73. The summed E-state index contributed by atoms with van der Waals surface area (Å²) in [7, 11) is 1.65. The molecule has 2 N–H and O–H groups in total. The van der Waals surface area contributed by atoms with Crippen LogP contribution in [0.25, 0.3) is 11.3 Å². The van der Waals surface area contributed by atoms with Crippen LogP contribution >= 0.6 is 0 Å². The highest BCUT2D eigenvalue weighted by molar-refractivity contribution is 5.94. The third-order valence-corrected chi connectivity index (χ3v) is 5.75. The van der Waals surface area contributed by atoms with E-state index in [1.165, 1.54) is 0 Å². The number of hydrogen-bond donors (Lipinski definition) is 2. The smallest absolute Gasteiger partial charge is 0.261 e. The van der Waals surface area contributed by atoms with Crippen molar-refractivity contribution in [3.8, 4) is 17.0 Å². The van der Waals surface area contributed by atoms with E-state index in [-0.39, 0.29) is 17.5 Å². The van der Waals surface area contributed by atoms with Gasteiger partial charge in [-0.05, 0) is 61.3 Å². The molecule has 6 heteroatoms. The molecule has 1 amide bonds. The minimum atomic E-state index is -0.391. The Morgan fingerprint density at radius 3 is 2.55 bits per heavy atom. The molecule has 2 aromatic carbocycles. The van der Waals surface area contributed by atoms with E-state index in [4.69, 9.17) is 4.74 Å². The first kappa shape index (κ1) is 20.9. The first-order valence-corrected chi connectivity index (χ1v) is 10.6. The van der Waals surface area contributed by atoms with Gasteiger partial charge >= 0.3 is 0 Å². The third kappa shape index (κ3) is 4.86. The van der Waals surface area contributed by atoms with Crippen LogP contribution in [0.1, 0.15) is 34.8 Å². The number of rotatable bonds is 7. The standard InChI is InChI=1S/C25H27N3O3/c1-31-20-11-7-10-19(16-20)23(28-14-5-6-15-28)17-26-24(29)21-12-13-22(27-25(21)30)18-8-3-2-4-9-18/h2-4,7-13,16,23H,5-6,14-15,17H2,1H3,(H,26,29)(H,27,30). The molecule has 1 unspecified atom stereocenters. The quantitative estimate of drug-likeness (QED) is 0.616. The SMILES string of the molecule is COc1cccc(C(CNC(=O)c2ccc(-c3ccccc3)[nH]c2=O)N2CCCC2)c1. The monoisotopic (exact) mass is 417 g/mol. The Morgan fingerprint density at radius 1 is 1.06 bits per heavy atom. The largest absolute Gasteiger partial charge is 0.497 e. The van der Waals surface area contributed by atoms with Gasteiger partial charge in [-0.3, -0.25) is 14.5 Å². The average Bonchev–Trinajstić information content (AvgIpc) is 3.34. The number of hydrogen-bond acceptors (Lipinski definition) is 4. The highest BCUT2D eigenvalue weighted by Gasteiger charge is 2.25. The fourth-order valence-electron chi connectivity index (χ4n) is 4.08. The van der Waals surface area contributed by atoms with Gasteiger partial charge in [0, 0.05) is 12.2 Å². The van der Waals surface area contributed by atoms with E-state index in [9.17, 15) is 9.59 Å². The number of aromatic amines is 1. The molecule has 1 aliphatic heterocycles. The number of likely N-dealkylation sites (tertiary alicyclic amines) is 1. The molecule has 0 saturated carbocycles. The predicted molar refractivity (Wildman–Crippen MR) is 121 cm³/mol. The van der Waals surface area contributed by atoms with E-state index in [1.54, 1.807) is 19.2 Å². The maximum atomic E-state index is 12.8. The number of carbonyl (C=O) groups excluding carboxylic acids is 1. The minimum absolute atomic E-state index is 0.0317. The fraction of sp³-hybridized carbons (Fsp3) is 0.280. The summed E-state index contributed by atoms with van der Waals surface area (Å²) in [4.78, 5) is 30.6. The van der Waals surface area contributed by atoms with Crippen LogP contribution in [0.2, 0.25) is 0 Å². The number of ether oxygens (including phenoxy) is 1. The first-order valence-electron chi connectivity index (χ1n) is 10.6. The number of carbonyl (C=O) groups is 1. The molecule has 0 bridgehead atoms. The molecule has 160 valence electrons. The molecule has 31 heavy (non-hydrogen) atoms. The van der Waals surface area contributed by atoms with Crippen molar-refractivity contribution in [3.63, 3.8) is 0 Å². The Hall–Kier alpha value is -3.38. The number of nitrogens with zero attached hydrogens (tertiary/aromatic N) is 1. The Balaban J connectivity index is 1.50. The first-order chi connectivity index (χ1) is 15.2. The van der Waals surface area contributed by atoms with Crippen LogP contribution in [0, 0.1) is 0 Å². The topological polar surface area (TPSA) is 74.4 Å². The van der Waals surface area contributed by atoms with E-state index < -0.39 is 5.56 Å². The molecule has 4 rings (SSSR count). The lowest BCUT2D eigenvalue weighted by atomic mass is 10.0.